The van der Waals surface area contributed by atoms with E-state index in [1.807, 2.05) is 12.4 Å². The number of methoxy groups -OCH3 is 1. The van der Waals surface area contributed by atoms with Gasteiger partial charge in [0, 0.05) is 55.9 Å². The fourth-order valence-corrected chi connectivity index (χ4v) is 1.85. The Morgan fingerprint density at radius 3 is 2.68 bits per heavy atom. The zero-order chi connectivity index (χ0) is 14.5. The maximum atomic E-state index is 5.23. The number of hydrogen-bond acceptors (Lipinski definition) is 4. The molecule has 1 rings (SSSR count). The maximum Gasteiger partial charge on any atom is 0.0663 e. The molecule has 0 bridgehead atoms. The Morgan fingerprint density at radius 2 is 2.11 bits per heavy atom. The highest BCUT2D eigenvalue weighted by Gasteiger charge is 2.15. The minimum atomic E-state index is 0.101. The molecule has 0 amide bonds. The van der Waals surface area contributed by atoms with Crippen LogP contribution in [0, 0.1) is 0 Å². The van der Waals surface area contributed by atoms with Crippen LogP contribution in [0.5, 0.6) is 0 Å². The lowest BCUT2D eigenvalue weighted by molar-refractivity contribution is 0.183. The lowest BCUT2D eigenvalue weighted by Crippen LogP contribution is -2.37. The van der Waals surface area contributed by atoms with Crippen molar-refractivity contribution >= 4 is 5.69 Å². The first-order chi connectivity index (χ1) is 8.85. The van der Waals surface area contributed by atoms with Crippen LogP contribution in [0.15, 0.2) is 18.5 Å². The summed E-state index contributed by atoms with van der Waals surface area (Å²) in [5.74, 6) is 0. The normalized spacial score (nSPS) is 13.4. The molecule has 0 aromatic carbocycles. The fourth-order valence-electron chi connectivity index (χ4n) is 1.85. The Kier molecular flexibility index (Phi) is 5.76. The van der Waals surface area contributed by atoms with Crippen LogP contribution in [-0.2, 0) is 11.3 Å². The molecular weight excluding hydrogens is 238 g/mol. The predicted octanol–water partition coefficient (Wildman–Crippen LogP) is 2.44. The molecule has 0 aliphatic heterocycles. The van der Waals surface area contributed by atoms with Gasteiger partial charge in [0.25, 0.3) is 0 Å². The Bertz CT molecular complexity index is 387. The lowest BCUT2D eigenvalue weighted by atomic mass is 10.1. The highest BCUT2D eigenvalue weighted by molar-refractivity contribution is 5.52. The summed E-state index contributed by atoms with van der Waals surface area (Å²) in [6, 6.07) is 2.40. The number of anilines is 1. The van der Waals surface area contributed by atoms with Gasteiger partial charge in [-0.05, 0) is 33.8 Å². The molecule has 1 unspecified atom stereocenters. The van der Waals surface area contributed by atoms with E-state index in [9.17, 15) is 0 Å². The highest BCUT2D eigenvalue weighted by atomic mass is 16.5. The largest absolute Gasteiger partial charge is 0.383 e. The molecule has 1 atom stereocenters. The molecule has 0 saturated heterocycles. The minimum absolute atomic E-state index is 0.101. The van der Waals surface area contributed by atoms with Crippen molar-refractivity contribution in [2.45, 2.75) is 45.8 Å². The van der Waals surface area contributed by atoms with E-state index in [0.717, 1.165) is 6.54 Å². The summed E-state index contributed by atoms with van der Waals surface area (Å²) < 4.78 is 5.23. The topological polar surface area (TPSA) is 37.4 Å². The SMILES string of the molecule is COCC(C)N(C)c1ccncc1CNC(C)(C)C. The Labute approximate surface area is 117 Å². The first-order valence-electron chi connectivity index (χ1n) is 6.75. The smallest absolute Gasteiger partial charge is 0.0663 e. The zero-order valence-electron chi connectivity index (χ0n) is 13.0. The average molecular weight is 265 g/mol. The van der Waals surface area contributed by atoms with Crippen molar-refractivity contribution in [2.24, 2.45) is 0 Å². The van der Waals surface area contributed by atoms with Crippen molar-refractivity contribution in [1.29, 1.82) is 0 Å². The Morgan fingerprint density at radius 1 is 1.42 bits per heavy atom. The minimum Gasteiger partial charge on any atom is -0.383 e. The van der Waals surface area contributed by atoms with Crippen LogP contribution >= 0.6 is 0 Å². The summed E-state index contributed by atoms with van der Waals surface area (Å²) in [6.45, 7) is 10.2. The quantitative estimate of drug-likeness (QED) is 0.857. The first kappa shape index (κ1) is 15.9. The third kappa shape index (κ3) is 5.17. The molecule has 1 aromatic heterocycles. The van der Waals surface area contributed by atoms with E-state index in [1.54, 1.807) is 7.11 Å². The van der Waals surface area contributed by atoms with Crippen LogP contribution in [0.4, 0.5) is 5.69 Å². The monoisotopic (exact) mass is 265 g/mol. The molecule has 4 nitrogen and oxygen atoms in total. The molecule has 0 aliphatic carbocycles. The van der Waals surface area contributed by atoms with Crippen molar-refractivity contribution in [3.8, 4) is 0 Å². The average Bonchev–Trinajstić information content (AvgIpc) is 2.35. The van der Waals surface area contributed by atoms with Gasteiger partial charge < -0.3 is 15.0 Å². The first-order valence-corrected chi connectivity index (χ1v) is 6.75. The molecule has 0 radical (unpaired) electrons. The summed E-state index contributed by atoms with van der Waals surface area (Å²) in [5.41, 5.74) is 2.52. The van der Waals surface area contributed by atoms with Gasteiger partial charge in [0.15, 0.2) is 0 Å². The van der Waals surface area contributed by atoms with Gasteiger partial charge in [-0.1, -0.05) is 0 Å². The van der Waals surface area contributed by atoms with Gasteiger partial charge in [0.2, 0.25) is 0 Å². The van der Waals surface area contributed by atoms with Crippen LogP contribution in [0.2, 0.25) is 0 Å². The molecule has 108 valence electrons. The van der Waals surface area contributed by atoms with Gasteiger partial charge in [-0.2, -0.15) is 0 Å². The van der Waals surface area contributed by atoms with Crippen molar-refractivity contribution in [3.63, 3.8) is 0 Å². The molecule has 1 N–H and O–H groups in total. The van der Waals surface area contributed by atoms with E-state index in [1.165, 1.54) is 11.3 Å². The molecule has 0 fully saturated rings. The zero-order valence-corrected chi connectivity index (χ0v) is 13.0. The van der Waals surface area contributed by atoms with Gasteiger partial charge in [-0.15, -0.1) is 0 Å². The van der Waals surface area contributed by atoms with E-state index >= 15 is 0 Å². The van der Waals surface area contributed by atoms with E-state index in [-0.39, 0.29) is 5.54 Å². The van der Waals surface area contributed by atoms with Gasteiger partial charge in [-0.25, -0.2) is 0 Å². The van der Waals surface area contributed by atoms with Gasteiger partial charge >= 0.3 is 0 Å². The Hall–Kier alpha value is -1.13. The van der Waals surface area contributed by atoms with E-state index < -0.39 is 0 Å². The van der Waals surface area contributed by atoms with Gasteiger partial charge in [0.05, 0.1) is 6.61 Å². The van der Waals surface area contributed by atoms with Crippen LogP contribution in [0.3, 0.4) is 0 Å². The van der Waals surface area contributed by atoms with Gasteiger partial charge in [-0.3, -0.25) is 4.98 Å². The van der Waals surface area contributed by atoms with Crippen LogP contribution in [-0.4, -0.2) is 37.3 Å². The fraction of sp³-hybridized carbons (Fsp3) is 0.667. The standard InChI is InChI=1S/C15H27N3O/c1-12(11-19-6)18(5)14-7-8-16-9-13(14)10-17-15(2,3)4/h7-9,12,17H,10-11H2,1-6H3. The third-order valence-electron chi connectivity index (χ3n) is 3.14. The molecule has 0 saturated carbocycles. The second-order valence-corrected chi connectivity index (χ2v) is 6.02. The maximum absolute atomic E-state index is 5.23. The molecular formula is C15H27N3O. The summed E-state index contributed by atoms with van der Waals surface area (Å²) >= 11 is 0. The molecule has 19 heavy (non-hydrogen) atoms. The number of pyridine rings is 1. The Balaban J connectivity index is 2.83. The number of rotatable bonds is 6. The molecule has 4 heteroatoms. The summed E-state index contributed by atoms with van der Waals surface area (Å²) in [4.78, 5) is 6.48. The van der Waals surface area contributed by atoms with Crippen LogP contribution < -0.4 is 10.2 Å². The molecule has 1 heterocycles. The van der Waals surface area contributed by atoms with Gasteiger partial charge in [0.1, 0.15) is 0 Å². The lowest BCUT2D eigenvalue weighted by Gasteiger charge is -2.29. The number of nitrogens with zero attached hydrogens (tertiary/aromatic N) is 2. The third-order valence-corrected chi connectivity index (χ3v) is 3.14. The van der Waals surface area contributed by atoms with E-state index in [2.05, 4.69) is 56.0 Å². The number of hydrogen-bond donors (Lipinski definition) is 1. The van der Waals surface area contributed by atoms with Crippen LogP contribution in [0.25, 0.3) is 0 Å². The van der Waals surface area contributed by atoms with E-state index in [4.69, 9.17) is 4.74 Å². The summed E-state index contributed by atoms with van der Waals surface area (Å²) in [7, 11) is 3.83. The number of nitrogens with one attached hydrogen (secondary N) is 1. The highest BCUT2D eigenvalue weighted by Crippen LogP contribution is 2.20. The number of aromatic nitrogens is 1. The molecule has 1 aromatic rings. The van der Waals surface area contributed by atoms with E-state index in [0.29, 0.717) is 12.6 Å². The van der Waals surface area contributed by atoms with Crippen molar-refractivity contribution in [1.82, 2.24) is 10.3 Å². The number of ether oxygens (including phenoxy) is 1. The second kappa shape index (κ2) is 6.87. The molecule has 0 spiro atoms. The second-order valence-electron chi connectivity index (χ2n) is 6.02. The van der Waals surface area contributed by atoms with Crippen LogP contribution in [0.1, 0.15) is 33.3 Å². The molecule has 0 aliphatic rings. The summed E-state index contributed by atoms with van der Waals surface area (Å²) in [6.07, 6.45) is 3.77. The predicted molar refractivity (Wildman–Crippen MR) is 80.6 cm³/mol. The van der Waals surface area contributed by atoms with Crippen molar-refractivity contribution in [2.75, 3.05) is 25.7 Å². The summed E-state index contributed by atoms with van der Waals surface area (Å²) in [5, 5.41) is 3.51. The number of likely N-dealkylation sites (N-methyl/N-ethyl adjacent to an activating group) is 1. The van der Waals surface area contributed by atoms with Crippen molar-refractivity contribution in [3.05, 3.63) is 24.0 Å². The van der Waals surface area contributed by atoms with Crippen molar-refractivity contribution < 1.29 is 4.74 Å².